The molecular weight excluding hydrogens is 387 g/mol. The van der Waals surface area contributed by atoms with Crippen LogP contribution in [0.3, 0.4) is 0 Å². The van der Waals surface area contributed by atoms with Gasteiger partial charge >= 0.3 is 31.6 Å². The van der Waals surface area contributed by atoms with E-state index in [1.807, 2.05) is 0 Å². The maximum Gasteiger partial charge on any atom is 2.00 e. The first-order valence-electron chi connectivity index (χ1n) is 6.21. The summed E-state index contributed by atoms with van der Waals surface area (Å²) in [5.41, 5.74) is 0. The van der Waals surface area contributed by atoms with E-state index in [9.17, 15) is 34.5 Å². The Morgan fingerprint density at radius 3 is 1.43 bits per heavy atom. The summed E-state index contributed by atoms with van der Waals surface area (Å²) in [4.78, 5) is 0. The van der Waals surface area contributed by atoms with E-state index in [0.717, 1.165) is 26.2 Å². The van der Waals surface area contributed by atoms with E-state index in [0.29, 0.717) is 12.1 Å². The van der Waals surface area contributed by atoms with E-state index in [1.165, 1.54) is 0 Å². The van der Waals surface area contributed by atoms with Crippen molar-refractivity contribution >= 4 is 14.5 Å². The summed E-state index contributed by atoms with van der Waals surface area (Å²) < 4.78 is 78.0. The van der Waals surface area contributed by atoms with Crippen LogP contribution >= 0.6 is 0 Å². The number of nitrogens with one attached hydrogen (secondary N) is 3. The standard InChI is InChI=1S/C8H19N3.CH3.2BF4.Cu/c1-7-5-9-3-4-10-8(2)6-11-7;;2*2-1(3,4)5;/h7-11H,3-6H2,1-2H3;1H3;;;/q;3*-1;+2. The molecule has 0 aromatic carbocycles. The van der Waals surface area contributed by atoms with Gasteiger partial charge in [-0.2, -0.15) is 0 Å². The number of halogens is 8. The predicted octanol–water partition coefficient (Wildman–Crippen LogP) is 2.59. The summed E-state index contributed by atoms with van der Waals surface area (Å²) >= 11 is 0. The predicted molar refractivity (Wildman–Crippen MR) is 74.6 cm³/mol. The van der Waals surface area contributed by atoms with Crippen LogP contribution in [0.25, 0.3) is 0 Å². The smallest absolute Gasteiger partial charge is 0.418 e. The molecule has 2 atom stereocenters. The van der Waals surface area contributed by atoms with E-state index in [1.54, 1.807) is 0 Å². The second kappa shape index (κ2) is 15.5. The van der Waals surface area contributed by atoms with Crippen LogP contribution in [0.1, 0.15) is 13.8 Å². The Morgan fingerprint density at radius 1 is 0.696 bits per heavy atom. The molecular formula is C9H22B2CuF8N3-. The quantitative estimate of drug-likeness (QED) is 0.327. The maximum atomic E-state index is 9.75. The van der Waals surface area contributed by atoms with Crippen LogP contribution in [-0.4, -0.2) is 52.8 Å². The Hall–Kier alpha value is -0.0306. The van der Waals surface area contributed by atoms with Crippen molar-refractivity contribution in [2.45, 2.75) is 25.9 Å². The van der Waals surface area contributed by atoms with Gasteiger partial charge in [-0.15, -0.1) is 0 Å². The average Bonchev–Trinajstić information content (AvgIpc) is 2.28. The summed E-state index contributed by atoms with van der Waals surface area (Å²) in [5, 5.41) is 10.2. The van der Waals surface area contributed by atoms with Gasteiger partial charge in [0.2, 0.25) is 0 Å². The molecule has 1 fully saturated rings. The fourth-order valence-corrected chi connectivity index (χ4v) is 1.25. The number of hydrogen-bond donors (Lipinski definition) is 3. The zero-order chi connectivity index (χ0) is 17.1. The molecule has 0 amide bonds. The van der Waals surface area contributed by atoms with Gasteiger partial charge in [-0.3, -0.25) is 0 Å². The van der Waals surface area contributed by atoms with Crippen molar-refractivity contribution in [1.29, 1.82) is 0 Å². The topological polar surface area (TPSA) is 36.1 Å². The molecule has 147 valence electrons. The molecule has 0 aromatic rings. The summed E-state index contributed by atoms with van der Waals surface area (Å²) in [7, 11) is -12.0. The minimum atomic E-state index is -6.00. The van der Waals surface area contributed by atoms with Gasteiger partial charge in [0.25, 0.3) is 0 Å². The van der Waals surface area contributed by atoms with Crippen LogP contribution in [0.4, 0.5) is 34.5 Å². The zero-order valence-corrected chi connectivity index (χ0v) is 13.9. The van der Waals surface area contributed by atoms with Crippen molar-refractivity contribution in [3.8, 4) is 0 Å². The molecule has 1 saturated heterocycles. The molecule has 3 nitrogen and oxygen atoms in total. The van der Waals surface area contributed by atoms with Crippen molar-refractivity contribution in [2.75, 3.05) is 26.2 Å². The van der Waals surface area contributed by atoms with Gasteiger partial charge < -0.3 is 57.9 Å². The normalized spacial score (nSPS) is 22.2. The zero-order valence-electron chi connectivity index (χ0n) is 13.0. The van der Waals surface area contributed by atoms with Crippen molar-refractivity contribution < 1.29 is 51.6 Å². The molecule has 2 unspecified atom stereocenters. The van der Waals surface area contributed by atoms with Crippen LogP contribution in [0.5, 0.6) is 0 Å². The Bertz CT molecular complexity index is 222. The van der Waals surface area contributed by atoms with Crippen LogP contribution in [0.15, 0.2) is 0 Å². The number of rotatable bonds is 0. The van der Waals surface area contributed by atoms with Gasteiger partial charge in [0.05, 0.1) is 0 Å². The Kier molecular flexibility index (Phi) is 20.8. The van der Waals surface area contributed by atoms with Crippen molar-refractivity contribution in [3.05, 3.63) is 7.43 Å². The first kappa shape index (κ1) is 30.8. The van der Waals surface area contributed by atoms with Crippen molar-refractivity contribution in [1.82, 2.24) is 16.0 Å². The van der Waals surface area contributed by atoms with Gasteiger partial charge in [0.1, 0.15) is 0 Å². The van der Waals surface area contributed by atoms with Crippen LogP contribution < -0.4 is 16.0 Å². The molecule has 14 heteroatoms. The fourth-order valence-electron chi connectivity index (χ4n) is 1.25. The van der Waals surface area contributed by atoms with Gasteiger partial charge in [0.15, 0.2) is 0 Å². The minimum absolute atomic E-state index is 0. The first-order chi connectivity index (χ1) is 9.29. The molecule has 1 heterocycles. The Labute approximate surface area is 142 Å². The molecule has 1 rings (SSSR count). The van der Waals surface area contributed by atoms with E-state index < -0.39 is 14.5 Å². The molecule has 0 saturated carbocycles. The van der Waals surface area contributed by atoms with E-state index in [2.05, 4.69) is 29.8 Å². The molecule has 3 N–H and O–H groups in total. The minimum Gasteiger partial charge on any atom is -0.418 e. The van der Waals surface area contributed by atoms with E-state index in [-0.39, 0.29) is 24.5 Å². The summed E-state index contributed by atoms with van der Waals surface area (Å²) in [6.45, 7) is 8.74. The average molecular weight is 409 g/mol. The first-order valence-corrected chi connectivity index (χ1v) is 6.21. The van der Waals surface area contributed by atoms with Crippen LogP contribution in [0.2, 0.25) is 0 Å². The third-order valence-corrected chi connectivity index (χ3v) is 2.02. The molecule has 0 spiro atoms. The summed E-state index contributed by atoms with van der Waals surface area (Å²) in [5.74, 6) is 0. The van der Waals surface area contributed by atoms with Crippen LogP contribution in [0, 0.1) is 7.43 Å². The van der Waals surface area contributed by atoms with Gasteiger partial charge in [-0.05, 0) is 13.8 Å². The van der Waals surface area contributed by atoms with Gasteiger partial charge in [-0.25, -0.2) is 0 Å². The van der Waals surface area contributed by atoms with E-state index in [4.69, 9.17) is 0 Å². The molecule has 23 heavy (non-hydrogen) atoms. The Morgan fingerprint density at radius 2 is 1.04 bits per heavy atom. The largest absolute Gasteiger partial charge is 2.00 e. The monoisotopic (exact) mass is 409 g/mol. The maximum absolute atomic E-state index is 9.75. The summed E-state index contributed by atoms with van der Waals surface area (Å²) in [6.07, 6.45) is 0. The molecule has 1 aliphatic heterocycles. The molecule has 1 aliphatic rings. The van der Waals surface area contributed by atoms with Crippen molar-refractivity contribution in [3.63, 3.8) is 0 Å². The third kappa shape index (κ3) is 52.1. The fraction of sp³-hybridized carbons (Fsp3) is 0.889. The molecule has 0 bridgehead atoms. The third-order valence-electron chi connectivity index (χ3n) is 2.02. The summed E-state index contributed by atoms with van der Waals surface area (Å²) in [6, 6.07) is 1.19. The number of hydrogen-bond acceptors (Lipinski definition) is 3. The van der Waals surface area contributed by atoms with Gasteiger partial charge in [-0.1, -0.05) is 0 Å². The van der Waals surface area contributed by atoms with Crippen LogP contribution in [-0.2, 0) is 17.1 Å². The Balaban J connectivity index is -0.000000129. The SMILES string of the molecule is CC1CNCCNC(C)CN1.F[B-](F)(F)F.F[B-](F)(F)F.[CH3-].[Cu+2]. The van der Waals surface area contributed by atoms with Gasteiger partial charge in [0, 0.05) is 38.3 Å². The van der Waals surface area contributed by atoms with Crippen molar-refractivity contribution in [2.24, 2.45) is 0 Å². The molecule has 0 aromatic heterocycles. The molecule has 0 aliphatic carbocycles. The second-order valence-corrected chi connectivity index (χ2v) is 4.36. The molecule has 1 radical (unpaired) electrons. The second-order valence-electron chi connectivity index (χ2n) is 4.36. The van der Waals surface area contributed by atoms with E-state index >= 15 is 0 Å².